The molecule has 0 aliphatic heterocycles. The highest BCUT2D eigenvalue weighted by molar-refractivity contribution is 5.94. The Morgan fingerprint density at radius 2 is 1.79 bits per heavy atom. The predicted molar refractivity (Wildman–Crippen MR) is 118 cm³/mol. The summed E-state index contributed by atoms with van der Waals surface area (Å²) in [6.45, 7) is 7.15. The van der Waals surface area contributed by atoms with Gasteiger partial charge in [0.2, 0.25) is 11.8 Å². The van der Waals surface area contributed by atoms with E-state index in [1.54, 1.807) is 0 Å². The maximum atomic E-state index is 12.2. The minimum Gasteiger partial charge on any atom is -0.376 e. The standard InChI is InChI=1S/C24H31N3O2/c1-16(2)19-7-5-18(6-8-19)12-13-25-23(28)15-26-22-14-21(11-4-17(22)3)27-24(29)20-9-10-20/h4-8,11,14,16,20,26H,9-10,12-13,15H2,1-3H3,(H,25,28)(H,27,29). The van der Waals surface area contributed by atoms with Crippen molar-refractivity contribution in [2.24, 2.45) is 5.92 Å². The maximum absolute atomic E-state index is 12.2. The van der Waals surface area contributed by atoms with Crippen LogP contribution in [0.4, 0.5) is 11.4 Å². The summed E-state index contributed by atoms with van der Waals surface area (Å²) in [5.74, 6) is 0.730. The second-order valence-electron chi connectivity index (χ2n) is 8.14. The lowest BCUT2D eigenvalue weighted by Gasteiger charge is -2.13. The lowest BCUT2D eigenvalue weighted by Crippen LogP contribution is -2.31. The molecule has 0 saturated heterocycles. The Morgan fingerprint density at radius 3 is 2.45 bits per heavy atom. The average molecular weight is 394 g/mol. The topological polar surface area (TPSA) is 70.2 Å². The van der Waals surface area contributed by atoms with Gasteiger partial charge in [-0.2, -0.15) is 0 Å². The molecule has 0 aromatic heterocycles. The van der Waals surface area contributed by atoms with E-state index in [9.17, 15) is 9.59 Å². The Labute approximate surface area is 173 Å². The zero-order valence-corrected chi connectivity index (χ0v) is 17.5. The van der Waals surface area contributed by atoms with Gasteiger partial charge >= 0.3 is 0 Å². The van der Waals surface area contributed by atoms with Gasteiger partial charge in [-0.1, -0.05) is 44.2 Å². The number of anilines is 2. The minimum absolute atomic E-state index is 0.0457. The van der Waals surface area contributed by atoms with Crippen molar-refractivity contribution in [1.29, 1.82) is 0 Å². The number of aryl methyl sites for hydroxylation is 1. The molecule has 1 saturated carbocycles. The van der Waals surface area contributed by atoms with E-state index in [2.05, 4.69) is 54.1 Å². The van der Waals surface area contributed by atoms with E-state index in [1.165, 1.54) is 11.1 Å². The zero-order chi connectivity index (χ0) is 20.8. The molecule has 0 radical (unpaired) electrons. The summed E-state index contributed by atoms with van der Waals surface area (Å²) in [5, 5.41) is 9.08. The number of rotatable bonds is 9. The van der Waals surface area contributed by atoms with Crippen LogP contribution in [0.3, 0.4) is 0 Å². The van der Waals surface area contributed by atoms with Gasteiger partial charge in [-0.25, -0.2) is 0 Å². The zero-order valence-electron chi connectivity index (χ0n) is 17.5. The predicted octanol–water partition coefficient (Wildman–Crippen LogP) is 4.24. The molecule has 0 bridgehead atoms. The first-order valence-electron chi connectivity index (χ1n) is 10.4. The van der Waals surface area contributed by atoms with Crippen LogP contribution in [-0.4, -0.2) is 24.9 Å². The summed E-state index contributed by atoms with van der Waals surface area (Å²) in [6, 6.07) is 14.3. The number of hydrogen-bond acceptors (Lipinski definition) is 3. The van der Waals surface area contributed by atoms with Crippen LogP contribution in [-0.2, 0) is 16.0 Å². The Balaban J connectivity index is 1.43. The highest BCUT2D eigenvalue weighted by Crippen LogP contribution is 2.30. The second kappa shape index (κ2) is 9.59. The van der Waals surface area contributed by atoms with Crippen LogP contribution in [0.15, 0.2) is 42.5 Å². The number of nitrogens with one attached hydrogen (secondary N) is 3. The first kappa shape index (κ1) is 20.9. The third-order valence-electron chi connectivity index (χ3n) is 5.27. The molecule has 2 aromatic rings. The summed E-state index contributed by atoms with van der Waals surface area (Å²) in [7, 11) is 0. The molecule has 29 heavy (non-hydrogen) atoms. The van der Waals surface area contributed by atoms with E-state index >= 15 is 0 Å². The van der Waals surface area contributed by atoms with Crippen LogP contribution < -0.4 is 16.0 Å². The molecule has 2 amide bonds. The van der Waals surface area contributed by atoms with Crippen molar-refractivity contribution in [1.82, 2.24) is 5.32 Å². The van der Waals surface area contributed by atoms with Gasteiger partial charge in [0.15, 0.2) is 0 Å². The van der Waals surface area contributed by atoms with Gasteiger partial charge in [0, 0.05) is 23.8 Å². The summed E-state index contributed by atoms with van der Waals surface area (Å²) in [4.78, 5) is 24.1. The van der Waals surface area contributed by atoms with Crippen molar-refractivity contribution < 1.29 is 9.59 Å². The summed E-state index contributed by atoms with van der Waals surface area (Å²) >= 11 is 0. The molecule has 3 rings (SSSR count). The van der Waals surface area contributed by atoms with E-state index in [0.717, 1.165) is 36.2 Å². The highest BCUT2D eigenvalue weighted by Gasteiger charge is 2.29. The van der Waals surface area contributed by atoms with E-state index in [-0.39, 0.29) is 24.3 Å². The van der Waals surface area contributed by atoms with Crippen LogP contribution in [0, 0.1) is 12.8 Å². The maximum Gasteiger partial charge on any atom is 0.239 e. The first-order valence-corrected chi connectivity index (χ1v) is 10.4. The largest absolute Gasteiger partial charge is 0.376 e. The van der Waals surface area contributed by atoms with Crippen molar-refractivity contribution in [3.63, 3.8) is 0 Å². The quantitative estimate of drug-likeness (QED) is 0.597. The number of benzene rings is 2. The normalized spacial score (nSPS) is 13.2. The van der Waals surface area contributed by atoms with Crippen molar-refractivity contribution >= 4 is 23.2 Å². The number of carbonyl (C=O) groups excluding carboxylic acids is 2. The fourth-order valence-corrected chi connectivity index (χ4v) is 3.13. The summed E-state index contributed by atoms with van der Waals surface area (Å²) in [5.41, 5.74) is 5.20. The third kappa shape index (κ3) is 6.34. The van der Waals surface area contributed by atoms with Crippen molar-refractivity contribution in [3.8, 4) is 0 Å². The number of hydrogen-bond donors (Lipinski definition) is 3. The fraction of sp³-hybridized carbons (Fsp3) is 0.417. The van der Waals surface area contributed by atoms with Gasteiger partial charge in [-0.05, 0) is 60.9 Å². The Bertz CT molecular complexity index is 855. The van der Waals surface area contributed by atoms with Gasteiger partial charge in [0.05, 0.1) is 6.54 Å². The van der Waals surface area contributed by atoms with Crippen LogP contribution >= 0.6 is 0 Å². The molecular weight excluding hydrogens is 362 g/mol. The molecule has 2 aromatic carbocycles. The van der Waals surface area contributed by atoms with Crippen molar-refractivity contribution in [2.75, 3.05) is 23.7 Å². The van der Waals surface area contributed by atoms with E-state index < -0.39 is 0 Å². The van der Waals surface area contributed by atoms with E-state index in [0.29, 0.717) is 12.5 Å². The van der Waals surface area contributed by atoms with Crippen LogP contribution in [0.2, 0.25) is 0 Å². The monoisotopic (exact) mass is 393 g/mol. The SMILES string of the molecule is Cc1ccc(NC(=O)C2CC2)cc1NCC(=O)NCCc1ccc(C(C)C)cc1. The molecule has 5 heteroatoms. The molecule has 5 nitrogen and oxygen atoms in total. The molecule has 3 N–H and O–H groups in total. The van der Waals surface area contributed by atoms with Crippen LogP contribution in [0.5, 0.6) is 0 Å². The number of carbonyl (C=O) groups is 2. The minimum atomic E-state index is -0.0457. The first-order chi connectivity index (χ1) is 13.9. The average Bonchev–Trinajstić information content (AvgIpc) is 3.54. The third-order valence-corrected chi connectivity index (χ3v) is 5.27. The molecule has 1 aliphatic carbocycles. The molecule has 0 spiro atoms. The Hall–Kier alpha value is -2.82. The van der Waals surface area contributed by atoms with Crippen LogP contribution in [0.25, 0.3) is 0 Å². The molecule has 1 fully saturated rings. The highest BCUT2D eigenvalue weighted by atomic mass is 16.2. The smallest absolute Gasteiger partial charge is 0.239 e. The molecule has 0 heterocycles. The number of amides is 2. The molecule has 1 aliphatic rings. The molecular formula is C24H31N3O2. The van der Waals surface area contributed by atoms with Crippen molar-refractivity contribution in [2.45, 2.75) is 46.0 Å². The molecule has 154 valence electrons. The molecule has 0 atom stereocenters. The second-order valence-corrected chi connectivity index (χ2v) is 8.14. The Kier molecular flexibility index (Phi) is 6.91. The van der Waals surface area contributed by atoms with Gasteiger partial charge in [0.1, 0.15) is 0 Å². The van der Waals surface area contributed by atoms with Crippen LogP contribution in [0.1, 0.15) is 49.3 Å². The van der Waals surface area contributed by atoms with Gasteiger partial charge in [0.25, 0.3) is 0 Å². The summed E-state index contributed by atoms with van der Waals surface area (Å²) in [6.07, 6.45) is 2.77. The van der Waals surface area contributed by atoms with E-state index in [1.807, 2.05) is 25.1 Å². The van der Waals surface area contributed by atoms with Gasteiger partial charge in [-0.3, -0.25) is 9.59 Å². The lowest BCUT2D eigenvalue weighted by molar-refractivity contribution is -0.119. The van der Waals surface area contributed by atoms with Gasteiger partial charge in [-0.15, -0.1) is 0 Å². The molecule has 0 unspecified atom stereocenters. The van der Waals surface area contributed by atoms with Gasteiger partial charge < -0.3 is 16.0 Å². The van der Waals surface area contributed by atoms with Crippen molar-refractivity contribution in [3.05, 3.63) is 59.2 Å². The lowest BCUT2D eigenvalue weighted by atomic mass is 10.0. The Morgan fingerprint density at radius 1 is 1.07 bits per heavy atom. The fourth-order valence-electron chi connectivity index (χ4n) is 3.13. The van der Waals surface area contributed by atoms with E-state index in [4.69, 9.17) is 0 Å². The summed E-state index contributed by atoms with van der Waals surface area (Å²) < 4.78 is 0.